The number of hydrogen-bond donors (Lipinski definition) is 1. The lowest BCUT2D eigenvalue weighted by Gasteiger charge is -2.11. The highest BCUT2D eigenvalue weighted by molar-refractivity contribution is 5.67. The molecule has 0 fully saturated rings. The van der Waals surface area contributed by atoms with E-state index < -0.39 is 69.3 Å². The third-order valence-corrected chi connectivity index (χ3v) is 4.70. The molecule has 33 heavy (non-hydrogen) atoms. The van der Waals surface area contributed by atoms with E-state index in [0.717, 1.165) is 0 Å². The average molecular weight is 491 g/mol. The van der Waals surface area contributed by atoms with Crippen LogP contribution in [-0.4, -0.2) is 13.6 Å². The Morgan fingerprint density at radius 2 is 0.697 bits per heavy atom. The summed E-state index contributed by atoms with van der Waals surface area (Å²) in [4.78, 5) is 0. The molecule has 0 atom stereocenters. The first-order valence-corrected chi connectivity index (χ1v) is 10.2. The van der Waals surface area contributed by atoms with Crippen LogP contribution in [0.5, 0.6) is 0 Å². The van der Waals surface area contributed by atoms with Crippen molar-refractivity contribution < 1.29 is 43.9 Å². The monoisotopic (exact) mass is 491 g/mol. The van der Waals surface area contributed by atoms with Crippen molar-refractivity contribution in [2.75, 3.05) is 13.6 Å². The molecule has 0 aliphatic heterocycles. The molecule has 0 unspecified atom stereocenters. The molecule has 0 radical (unpaired) electrons. The number of rotatable bonds is 9. The molecular weight excluding hydrogens is 468 g/mol. The van der Waals surface area contributed by atoms with E-state index in [2.05, 4.69) is 12.2 Å². The molecule has 0 saturated carbocycles. The van der Waals surface area contributed by atoms with E-state index in [1.165, 1.54) is 51.5 Å². The van der Waals surface area contributed by atoms with Crippen molar-refractivity contribution >= 4 is 0 Å². The van der Waals surface area contributed by atoms with Gasteiger partial charge in [-0.25, -0.2) is 43.9 Å². The van der Waals surface area contributed by atoms with Gasteiger partial charge in [-0.15, -0.1) is 0 Å². The Morgan fingerprint density at radius 1 is 0.424 bits per heavy atom. The topological polar surface area (TPSA) is 12.0 Å². The lowest BCUT2D eigenvalue weighted by molar-refractivity contribution is 0.370. The molecule has 0 aliphatic rings. The summed E-state index contributed by atoms with van der Waals surface area (Å²) in [5.41, 5.74) is -4.52. The Bertz CT molecular complexity index is 812. The molecule has 2 rings (SSSR count). The van der Waals surface area contributed by atoms with E-state index >= 15 is 0 Å². The van der Waals surface area contributed by atoms with Gasteiger partial charge in [0.05, 0.1) is 11.1 Å². The smallest absolute Gasteiger partial charge is 0.200 e. The largest absolute Gasteiger partial charge is 0.320 e. The first-order chi connectivity index (χ1) is 15.5. The van der Waals surface area contributed by atoms with E-state index in [4.69, 9.17) is 0 Å². The molecule has 0 heterocycles. The summed E-state index contributed by atoms with van der Waals surface area (Å²) in [6.45, 7) is 3.45. The zero-order valence-corrected chi connectivity index (χ0v) is 17.9. The maximum atomic E-state index is 13.4. The van der Waals surface area contributed by atoms with Crippen molar-refractivity contribution in [1.82, 2.24) is 5.32 Å². The molecule has 0 bridgehead atoms. The zero-order chi connectivity index (χ0) is 25.3. The fraction of sp³-hybridized carbons (Fsp3) is 0.455. The van der Waals surface area contributed by atoms with Crippen molar-refractivity contribution in [3.63, 3.8) is 0 Å². The number of nitrogens with one attached hydrogen (secondary N) is 1. The van der Waals surface area contributed by atoms with Crippen LogP contribution in [0.3, 0.4) is 0 Å². The normalized spacial score (nSPS) is 10.9. The Kier molecular flexibility index (Phi) is 11.7. The molecule has 0 saturated heterocycles. The fourth-order valence-electron chi connectivity index (χ4n) is 2.91. The summed E-state index contributed by atoms with van der Waals surface area (Å²) in [5, 5.41) is 3.17. The van der Waals surface area contributed by atoms with Crippen molar-refractivity contribution in [3.8, 4) is 11.1 Å². The van der Waals surface area contributed by atoms with Crippen LogP contribution >= 0.6 is 0 Å². The van der Waals surface area contributed by atoms with Crippen molar-refractivity contribution in [3.05, 3.63) is 58.2 Å². The Balaban J connectivity index is 0.000000420. The maximum absolute atomic E-state index is 13.4. The van der Waals surface area contributed by atoms with Crippen molar-refractivity contribution in [2.45, 2.75) is 51.9 Å². The van der Waals surface area contributed by atoms with Crippen LogP contribution in [-0.2, 0) is 0 Å². The van der Waals surface area contributed by atoms with Gasteiger partial charge < -0.3 is 5.32 Å². The molecule has 1 nitrogen and oxygen atoms in total. The standard InChI is InChI=1S/C12F10.C10H23N/c13-3-1(4(14)8(18)11(21)7(3)17)2-5(15)9(19)12(22)10(20)6(2)16;1-3-4-5-6-7-8-9-10-11-2/h;11H,3-10H2,1-2H3. The SMILES string of the molecule is CCCCCCCCCNC.Fc1c(F)c(F)c(-c2c(F)c(F)c(F)c(F)c2F)c(F)c1F. The molecule has 0 aromatic heterocycles. The first kappa shape index (κ1) is 28.7. The Morgan fingerprint density at radius 3 is 1.00 bits per heavy atom. The van der Waals surface area contributed by atoms with Crippen LogP contribution in [0.1, 0.15) is 51.9 Å². The van der Waals surface area contributed by atoms with Gasteiger partial charge in [0, 0.05) is 0 Å². The minimum absolute atomic E-state index is 1.19. The highest BCUT2D eigenvalue weighted by Crippen LogP contribution is 2.37. The quantitative estimate of drug-likeness (QED) is 0.164. The molecule has 0 spiro atoms. The van der Waals surface area contributed by atoms with Gasteiger partial charge in [0.15, 0.2) is 46.5 Å². The molecular formula is C22H23F10N. The first-order valence-electron chi connectivity index (χ1n) is 10.2. The van der Waals surface area contributed by atoms with Gasteiger partial charge in [0.25, 0.3) is 0 Å². The summed E-state index contributed by atoms with van der Waals surface area (Å²) >= 11 is 0. The van der Waals surface area contributed by atoms with Crippen molar-refractivity contribution in [1.29, 1.82) is 0 Å². The molecule has 2 aromatic carbocycles. The van der Waals surface area contributed by atoms with Gasteiger partial charge in [-0.2, -0.15) is 0 Å². The van der Waals surface area contributed by atoms with Gasteiger partial charge in [-0.1, -0.05) is 45.4 Å². The zero-order valence-electron chi connectivity index (χ0n) is 17.9. The highest BCUT2D eigenvalue weighted by Gasteiger charge is 2.34. The second-order valence-electron chi connectivity index (χ2n) is 7.11. The molecule has 0 amide bonds. The van der Waals surface area contributed by atoms with Crippen LogP contribution in [0.4, 0.5) is 43.9 Å². The van der Waals surface area contributed by atoms with Crippen LogP contribution < -0.4 is 5.32 Å². The Hall–Kier alpha value is -2.30. The second-order valence-corrected chi connectivity index (χ2v) is 7.11. The van der Waals surface area contributed by atoms with Gasteiger partial charge >= 0.3 is 0 Å². The van der Waals surface area contributed by atoms with E-state index in [-0.39, 0.29) is 0 Å². The average Bonchev–Trinajstić information content (AvgIpc) is 2.81. The summed E-state index contributed by atoms with van der Waals surface area (Å²) in [7, 11) is 2.02. The minimum Gasteiger partial charge on any atom is -0.320 e. The van der Waals surface area contributed by atoms with E-state index in [0.29, 0.717) is 0 Å². The van der Waals surface area contributed by atoms with E-state index in [1.54, 1.807) is 0 Å². The molecule has 1 N–H and O–H groups in total. The molecule has 2 aromatic rings. The summed E-state index contributed by atoms with van der Waals surface area (Å²) in [5.74, 6) is -26.6. The van der Waals surface area contributed by atoms with Gasteiger partial charge in [-0.3, -0.25) is 0 Å². The van der Waals surface area contributed by atoms with Crippen LogP contribution in [0, 0.1) is 58.2 Å². The summed E-state index contributed by atoms with van der Waals surface area (Å²) in [6, 6.07) is 0. The predicted octanol–water partition coefficient (Wildman–Crippen LogP) is 7.70. The van der Waals surface area contributed by atoms with Crippen molar-refractivity contribution in [2.24, 2.45) is 0 Å². The summed E-state index contributed by atoms with van der Waals surface area (Å²) in [6.07, 6.45) is 9.85. The summed E-state index contributed by atoms with van der Waals surface area (Å²) < 4.78 is 131. The molecule has 11 heteroatoms. The highest BCUT2D eigenvalue weighted by atomic mass is 19.2. The van der Waals surface area contributed by atoms with Crippen LogP contribution in [0.15, 0.2) is 0 Å². The number of hydrogen-bond acceptors (Lipinski definition) is 1. The third kappa shape index (κ3) is 6.84. The number of benzene rings is 2. The molecule has 0 aliphatic carbocycles. The van der Waals surface area contributed by atoms with E-state index in [1.807, 2.05) is 7.05 Å². The lowest BCUT2D eigenvalue weighted by Crippen LogP contribution is -2.10. The van der Waals surface area contributed by atoms with Gasteiger partial charge in [0.2, 0.25) is 11.6 Å². The van der Waals surface area contributed by atoms with Crippen LogP contribution in [0.2, 0.25) is 0 Å². The van der Waals surface area contributed by atoms with E-state index in [9.17, 15) is 43.9 Å². The fourth-order valence-corrected chi connectivity index (χ4v) is 2.91. The van der Waals surface area contributed by atoms with Crippen LogP contribution in [0.25, 0.3) is 11.1 Å². The Labute approximate surface area is 184 Å². The second kappa shape index (κ2) is 13.4. The number of halogens is 10. The van der Waals surface area contributed by atoms with Gasteiger partial charge in [0.1, 0.15) is 0 Å². The maximum Gasteiger partial charge on any atom is 0.200 e. The minimum atomic E-state index is -2.68. The molecule has 186 valence electrons. The third-order valence-electron chi connectivity index (χ3n) is 4.70. The predicted molar refractivity (Wildman–Crippen MR) is 103 cm³/mol. The number of unbranched alkanes of at least 4 members (excludes halogenated alkanes) is 6. The lowest BCUT2D eigenvalue weighted by atomic mass is 10.0. The van der Waals surface area contributed by atoms with Gasteiger partial charge in [-0.05, 0) is 20.0 Å².